The summed E-state index contributed by atoms with van der Waals surface area (Å²) in [4.78, 5) is 11.0. The van der Waals surface area contributed by atoms with Crippen LogP contribution >= 0.6 is 11.8 Å². The summed E-state index contributed by atoms with van der Waals surface area (Å²) in [5, 5.41) is 21.0. The number of non-ortho nitro benzene ring substituents is 1. The summed E-state index contributed by atoms with van der Waals surface area (Å²) in [6.45, 7) is 2.87. The van der Waals surface area contributed by atoms with Crippen molar-refractivity contribution in [2.24, 2.45) is 0 Å². The van der Waals surface area contributed by atoms with Crippen LogP contribution in [0.2, 0.25) is 0 Å². The van der Waals surface area contributed by atoms with Crippen molar-refractivity contribution in [3.8, 4) is 17.1 Å². The molecule has 168 valence electrons. The van der Waals surface area contributed by atoms with E-state index in [-0.39, 0.29) is 19.1 Å². The van der Waals surface area contributed by atoms with E-state index in [2.05, 4.69) is 10.2 Å². The van der Waals surface area contributed by atoms with Crippen LogP contribution in [0.5, 0.6) is 5.75 Å². The molecule has 2 aromatic carbocycles. The smallest absolute Gasteiger partial charge is 0.270 e. The zero-order chi connectivity index (χ0) is 22.8. The molecular formula is C23H20N4O5S. The molecule has 0 saturated carbocycles. The summed E-state index contributed by atoms with van der Waals surface area (Å²) in [6.07, 6.45) is 1.63. The molecule has 0 aliphatic carbocycles. The highest BCUT2D eigenvalue weighted by Crippen LogP contribution is 2.37. The number of furan rings is 1. The minimum Gasteiger partial charge on any atom is -0.469 e. The maximum Gasteiger partial charge on any atom is 0.270 e. The molecule has 10 heteroatoms. The fourth-order valence-electron chi connectivity index (χ4n) is 3.76. The third kappa shape index (κ3) is 4.35. The predicted molar refractivity (Wildman–Crippen MR) is 121 cm³/mol. The average Bonchev–Trinajstić information content (AvgIpc) is 3.43. The molecule has 0 amide bonds. The number of ether oxygens (including phenoxy) is 2. The standard InChI is InChI=1S/C23H20N4O5S/c1-15-20(7-8-31-15)22-24-25-23(26(22)11-16-5-3-2-4-6-16)33-13-18-10-19(27(28)29)9-17-12-30-14-32-21(17)18/h2-10H,11-14H2,1H3. The van der Waals surface area contributed by atoms with E-state index in [0.717, 1.165) is 22.5 Å². The zero-order valence-electron chi connectivity index (χ0n) is 17.8. The van der Waals surface area contributed by atoms with E-state index >= 15 is 0 Å². The summed E-state index contributed by atoms with van der Waals surface area (Å²) in [5.41, 5.74) is 3.39. The number of benzene rings is 2. The lowest BCUT2D eigenvalue weighted by atomic mass is 10.1. The third-order valence-corrected chi connectivity index (χ3v) is 6.35. The van der Waals surface area contributed by atoms with Gasteiger partial charge in [-0.3, -0.25) is 14.7 Å². The number of nitro benzene ring substituents is 1. The third-order valence-electron chi connectivity index (χ3n) is 5.34. The molecule has 0 saturated heterocycles. The SMILES string of the molecule is Cc1occc1-c1nnc(SCc2cc([N+](=O)[O-])cc3c2OCOC3)n1Cc1ccccc1. The fraction of sp³-hybridized carbons (Fsp3) is 0.217. The van der Waals surface area contributed by atoms with Crippen LogP contribution in [0.1, 0.15) is 22.5 Å². The molecule has 0 spiro atoms. The lowest BCUT2D eigenvalue weighted by molar-refractivity contribution is -0.385. The summed E-state index contributed by atoms with van der Waals surface area (Å²) in [7, 11) is 0. The first-order valence-corrected chi connectivity index (χ1v) is 11.2. The van der Waals surface area contributed by atoms with E-state index in [1.165, 1.54) is 17.8 Å². The number of thioether (sulfide) groups is 1. The predicted octanol–water partition coefficient (Wildman–Crippen LogP) is 4.96. The Kier molecular flexibility index (Phi) is 5.84. The van der Waals surface area contributed by atoms with Crippen molar-refractivity contribution in [3.05, 3.63) is 87.4 Å². The van der Waals surface area contributed by atoms with Crippen LogP contribution in [0.3, 0.4) is 0 Å². The van der Waals surface area contributed by atoms with Gasteiger partial charge >= 0.3 is 0 Å². The Labute approximate surface area is 193 Å². The van der Waals surface area contributed by atoms with Gasteiger partial charge in [0.1, 0.15) is 11.5 Å². The zero-order valence-corrected chi connectivity index (χ0v) is 18.6. The van der Waals surface area contributed by atoms with Gasteiger partial charge in [-0.1, -0.05) is 42.1 Å². The van der Waals surface area contributed by atoms with Crippen LogP contribution in [-0.2, 0) is 23.6 Å². The Morgan fingerprint density at radius 3 is 2.79 bits per heavy atom. The quantitative estimate of drug-likeness (QED) is 0.215. The van der Waals surface area contributed by atoms with Crippen molar-refractivity contribution >= 4 is 17.4 Å². The molecule has 0 bridgehead atoms. The first-order valence-electron chi connectivity index (χ1n) is 10.3. The van der Waals surface area contributed by atoms with Crippen LogP contribution < -0.4 is 4.74 Å². The lowest BCUT2D eigenvalue weighted by Gasteiger charge is -2.20. The number of nitrogens with zero attached hydrogens (tertiary/aromatic N) is 4. The van der Waals surface area contributed by atoms with Gasteiger partial charge in [0.2, 0.25) is 0 Å². The van der Waals surface area contributed by atoms with Crippen LogP contribution in [0.25, 0.3) is 11.4 Å². The van der Waals surface area contributed by atoms with Crippen LogP contribution in [0.4, 0.5) is 5.69 Å². The number of nitro groups is 1. The Balaban J connectivity index is 1.49. The van der Waals surface area contributed by atoms with Gasteiger partial charge in [-0.05, 0) is 18.6 Å². The number of rotatable bonds is 7. The fourth-order valence-corrected chi connectivity index (χ4v) is 4.66. The van der Waals surface area contributed by atoms with Crippen molar-refractivity contribution in [3.63, 3.8) is 0 Å². The molecule has 5 rings (SSSR count). The molecule has 33 heavy (non-hydrogen) atoms. The van der Waals surface area contributed by atoms with Gasteiger partial charge in [-0.2, -0.15) is 0 Å². The number of hydrogen-bond acceptors (Lipinski definition) is 8. The first kappa shape index (κ1) is 21.2. The molecule has 4 aromatic rings. The number of aromatic nitrogens is 3. The Bertz CT molecular complexity index is 1300. The molecule has 3 heterocycles. The summed E-state index contributed by atoms with van der Waals surface area (Å²) < 4.78 is 18.5. The summed E-state index contributed by atoms with van der Waals surface area (Å²) in [5.74, 6) is 2.54. The molecule has 1 aliphatic rings. The van der Waals surface area contributed by atoms with Crippen molar-refractivity contribution < 1.29 is 18.8 Å². The van der Waals surface area contributed by atoms with Gasteiger partial charge < -0.3 is 13.9 Å². The first-order chi connectivity index (χ1) is 16.1. The maximum atomic E-state index is 11.4. The summed E-state index contributed by atoms with van der Waals surface area (Å²) >= 11 is 1.45. The van der Waals surface area contributed by atoms with Crippen molar-refractivity contribution in [1.29, 1.82) is 0 Å². The lowest BCUT2D eigenvalue weighted by Crippen LogP contribution is -2.13. The summed E-state index contributed by atoms with van der Waals surface area (Å²) in [6, 6.07) is 15.0. The van der Waals surface area contributed by atoms with Crippen LogP contribution in [0.15, 0.2) is 64.4 Å². The largest absolute Gasteiger partial charge is 0.469 e. The van der Waals surface area contributed by atoms with Crippen molar-refractivity contribution in [2.75, 3.05) is 6.79 Å². The Hall–Kier alpha value is -3.63. The Morgan fingerprint density at radius 1 is 1.18 bits per heavy atom. The Morgan fingerprint density at radius 2 is 2.03 bits per heavy atom. The highest BCUT2D eigenvalue weighted by Gasteiger charge is 2.23. The van der Waals surface area contributed by atoms with Crippen molar-refractivity contribution in [2.45, 2.75) is 31.0 Å². The van der Waals surface area contributed by atoms with Gasteiger partial charge in [-0.15, -0.1) is 10.2 Å². The van der Waals surface area contributed by atoms with Gasteiger partial charge in [0.15, 0.2) is 17.8 Å². The molecule has 0 fully saturated rings. The van der Waals surface area contributed by atoms with E-state index in [1.54, 1.807) is 12.3 Å². The highest BCUT2D eigenvalue weighted by atomic mass is 32.2. The second-order valence-electron chi connectivity index (χ2n) is 7.52. The molecule has 0 atom stereocenters. The highest BCUT2D eigenvalue weighted by molar-refractivity contribution is 7.98. The number of fused-ring (bicyclic) bond motifs is 1. The molecule has 0 unspecified atom stereocenters. The van der Waals surface area contributed by atoms with Crippen LogP contribution in [0, 0.1) is 17.0 Å². The van der Waals surface area contributed by atoms with Gasteiger partial charge in [0.25, 0.3) is 5.69 Å². The van der Waals surface area contributed by atoms with Crippen LogP contribution in [-0.4, -0.2) is 26.5 Å². The molecule has 1 aliphatic heterocycles. The normalized spacial score (nSPS) is 12.9. The second-order valence-corrected chi connectivity index (χ2v) is 8.46. The van der Waals surface area contributed by atoms with Gasteiger partial charge in [-0.25, -0.2) is 0 Å². The average molecular weight is 465 g/mol. The van der Waals surface area contributed by atoms with E-state index in [0.29, 0.717) is 34.6 Å². The van der Waals surface area contributed by atoms with Crippen molar-refractivity contribution in [1.82, 2.24) is 14.8 Å². The minimum atomic E-state index is -0.402. The van der Waals surface area contributed by atoms with E-state index in [4.69, 9.17) is 13.9 Å². The molecule has 2 aromatic heterocycles. The van der Waals surface area contributed by atoms with E-state index < -0.39 is 4.92 Å². The topological polar surface area (TPSA) is 105 Å². The second kappa shape index (κ2) is 9.08. The van der Waals surface area contributed by atoms with E-state index in [1.807, 2.05) is 47.9 Å². The molecule has 0 radical (unpaired) electrons. The van der Waals surface area contributed by atoms with E-state index in [9.17, 15) is 10.1 Å². The molecule has 9 nitrogen and oxygen atoms in total. The van der Waals surface area contributed by atoms with Gasteiger partial charge in [0, 0.05) is 29.0 Å². The number of hydrogen-bond donors (Lipinski definition) is 0. The number of aryl methyl sites for hydroxylation is 1. The van der Waals surface area contributed by atoms with Gasteiger partial charge in [0.05, 0.1) is 29.9 Å². The minimum absolute atomic E-state index is 0.0129. The molecule has 0 N–H and O–H groups in total. The molecular weight excluding hydrogens is 444 g/mol. The monoisotopic (exact) mass is 464 g/mol. The maximum absolute atomic E-state index is 11.4.